The van der Waals surface area contributed by atoms with Gasteiger partial charge in [-0.05, 0) is 13.3 Å². The lowest BCUT2D eigenvalue weighted by Gasteiger charge is -2.04. The first-order valence-corrected chi connectivity index (χ1v) is 4.74. The summed E-state index contributed by atoms with van der Waals surface area (Å²) in [7, 11) is 0. The van der Waals surface area contributed by atoms with E-state index in [1.807, 2.05) is 6.92 Å². The summed E-state index contributed by atoms with van der Waals surface area (Å²) in [5.74, 6) is 0.294. The fourth-order valence-electron chi connectivity index (χ4n) is 1.50. The summed E-state index contributed by atoms with van der Waals surface area (Å²) in [5, 5.41) is 0. The number of nitrogens with one attached hydrogen (secondary N) is 1. The van der Waals surface area contributed by atoms with Crippen LogP contribution in [0.2, 0.25) is 0 Å². The fraction of sp³-hybridized carbons (Fsp3) is 0.300. The van der Waals surface area contributed by atoms with E-state index < -0.39 is 0 Å². The van der Waals surface area contributed by atoms with Gasteiger partial charge in [-0.1, -0.05) is 6.92 Å². The third-order valence-corrected chi connectivity index (χ3v) is 2.33. The molecule has 0 saturated carbocycles. The maximum atomic E-state index is 11.4. The third-order valence-electron chi connectivity index (χ3n) is 2.33. The largest absolute Gasteiger partial charge is 0.292 e. The standard InChI is InChI=1S/C10H11N3O2/c1-3-7-5-13-6(2)4-8(14)11-10(13)12-9(7)15/h4-5H,3H2,1-2H3,(H,11,12,14,15). The van der Waals surface area contributed by atoms with E-state index in [1.54, 1.807) is 17.5 Å². The molecule has 0 aliphatic carbocycles. The highest BCUT2D eigenvalue weighted by Crippen LogP contribution is 1.99. The molecule has 78 valence electrons. The number of nitrogens with zero attached hydrogens (tertiary/aromatic N) is 2. The van der Waals surface area contributed by atoms with E-state index >= 15 is 0 Å². The maximum absolute atomic E-state index is 11.4. The normalized spacial score (nSPS) is 10.8. The molecule has 0 saturated heterocycles. The molecule has 0 fully saturated rings. The minimum Gasteiger partial charge on any atom is -0.292 e. The second kappa shape index (κ2) is 3.34. The highest BCUT2D eigenvalue weighted by Gasteiger charge is 2.03. The van der Waals surface area contributed by atoms with Gasteiger partial charge in [0.05, 0.1) is 0 Å². The van der Waals surface area contributed by atoms with Gasteiger partial charge in [0.2, 0.25) is 5.78 Å². The summed E-state index contributed by atoms with van der Waals surface area (Å²) in [6, 6.07) is 1.47. The molecule has 0 atom stereocenters. The molecule has 0 aromatic carbocycles. The first-order valence-electron chi connectivity index (χ1n) is 4.74. The van der Waals surface area contributed by atoms with E-state index in [9.17, 15) is 9.59 Å². The topological polar surface area (TPSA) is 67.2 Å². The monoisotopic (exact) mass is 205 g/mol. The lowest BCUT2D eigenvalue weighted by Crippen LogP contribution is -2.19. The molecule has 0 aliphatic rings. The molecule has 1 N–H and O–H groups in total. The van der Waals surface area contributed by atoms with Crippen LogP contribution in [-0.2, 0) is 6.42 Å². The Balaban J connectivity index is 2.94. The van der Waals surface area contributed by atoms with Crippen LogP contribution in [0.1, 0.15) is 18.2 Å². The van der Waals surface area contributed by atoms with E-state index in [0.29, 0.717) is 17.8 Å². The first-order chi connectivity index (χ1) is 7.11. The van der Waals surface area contributed by atoms with Crippen molar-refractivity contribution in [1.82, 2.24) is 14.4 Å². The Kier molecular flexibility index (Phi) is 2.15. The first kappa shape index (κ1) is 9.64. The molecule has 0 spiro atoms. The van der Waals surface area contributed by atoms with Crippen LogP contribution in [0.5, 0.6) is 0 Å². The molecule has 0 aliphatic heterocycles. The zero-order valence-corrected chi connectivity index (χ0v) is 8.57. The van der Waals surface area contributed by atoms with Gasteiger partial charge in [0.1, 0.15) is 0 Å². The number of H-pyrrole nitrogens is 1. The fourth-order valence-corrected chi connectivity index (χ4v) is 1.50. The smallest absolute Gasteiger partial charge is 0.277 e. The molecule has 2 aromatic rings. The highest BCUT2D eigenvalue weighted by atomic mass is 16.1. The summed E-state index contributed by atoms with van der Waals surface area (Å²) < 4.78 is 1.71. The van der Waals surface area contributed by atoms with Gasteiger partial charge in [-0.15, -0.1) is 0 Å². The van der Waals surface area contributed by atoms with Crippen molar-refractivity contribution in [2.24, 2.45) is 0 Å². The lowest BCUT2D eigenvalue weighted by molar-refractivity contribution is 0.917. The van der Waals surface area contributed by atoms with Crippen molar-refractivity contribution < 1.29 is 0 Å². The van der Waals surface area contributed by atoms with Gasteiger partial charge in [-0.2, -0.15) is 4.98 Å². The second-order valence-electron chi connectivity index (χ2n) is 3.39. The summed E-state index contributed by atoms with van der Waals surface area (Å²) in [4.78, 5) is 28.9. The number of aromatic amines is 1. The van der Waals surface area contributed by atoms with E-state index in [-0.39, 0.29) is 11.1 Å². The van der Waals surface area contributed by atoms with Crippen LogP contribution in [0.3, 0.4) is 0 Å². The maximum Gasteiger partial charge on any atom is 0.277 e. The van der Waals surface area contributed by atoms with Crippen LogP contribution in [0.25, 0.3) is 5.78 Å². The van der Waals surface area contributed by atoms with Crippen LogP contribution >= 0.6 is 0 Å². The van der Waals surface area contributed by atoms with Crippen molar-refractivity contribution in [3.8, 4) is 0 Å². The number of rotatable bonds is 1. The van der Waals surface area contributed by atoms with Crippen LogP contribution in [-0.4, -0.2) is 14.4 Å². The van der Waals surface area contributed by atoms with E-state index in [0.717, 1.165) is 5.69 Å². The van der Waals surface area contributed by atoms with E-state index in [2.05, 4.69) is 9.97 Å². The zero-order valence-electron chi connectivity index (χ0n) is 8.57. The van der Waals surface area contributed by atoms with Gasteiger partial charge >= 0.3 is 0 Å². The van der Waals surface area contributed by atoms with Crippen LogP contribution in [0.4, 0.5) is 0 Å². The summed E-state index contributed by atoms with van der Waals surface area (Å²) in [6.45, 7) is 3.69. The predicted molar refractivity (Wildman–Crippen MR) is 56.2 cm³/mol. The summed E-state index contributed by atoms with van der Waals surface area (Å²) in [6.07, 6.45) is 2.35. The number of aryl methyl sites for hydroxylation is 2. The lowest BCUT2D eigenvalue weighted by atomic mass is 10.2. The average Bonchev–Trinajstić information content (AvgIpc) is 2.16. The van der Waals surface area contributed by atoms with Gasteiger partial charge in [-0.3, -0.25) is 19.0 Å². The second-order valence-corrected chi connectivity index (χ2v) is 3.39. The molecule has 5 nitrogen and oxygen atoms in total. The zero-order chi connectivity index (χ0) is 11.0. The van der Waals surface area contributed by atoms with Crippen molar-refractivity contribution in [2.75, 3.05) is 0 Å². The molecule has 0 unspecified atom stereocenters. The van der Waals surface area contributed by atoms with Crippen molar-refractivity contribution in [1.29, 1.82) is 0 Å². The van der Waals surface area contributed by atoms with E-state index in [4.69, 9.17) is 0 Å². The molecule has 15 heavy (non-hydrogen) atoms. The molecule has 0 radical (unpaired) electrons. The van der Waals surface area contributed by atoms with Crippen molar-refractivity contribution in [3.05, 3.63) is 44.2 Å². The van der Waals surface area contributed by atoms with E-state index in [1.165, 1.54) is 6.07 Å². The molecule has 2 heterocycles. The Morgan fingerprint density at radius 1 is 1.47 bits per heavy atom. The van der Waals surface area contributed by atoms with Gasteiger partial charge in [0.25, 0.3) is 11.1 Å². The Morgan fingerprint density at radius 2 is 2.20 bits per heavy atom. The number of hydrogen-bond donors (Lipinski definition) is 1. The van der Waals surface area contributed by atoms with Crippen LogP contribution < -0.4 is 11.1 Å². The average molecular weight is 205 g/mol. The number of hydrogen-bond acceptors (Lipinski definition) is 3. The Bertz CT molecular complexity index is 625. The molecule has 5 heteroatoms. The summed E-state index contributed by atoms with van der Waals surface area (Å²) in [5.41, 5.74) is 0.876. The van der Waals surface area contributed by atoms with Crippen molar-refractivity contribution in [3.63, 3.8) is 0 Å². The Labute approximate surface area is 85.4 Å². The molecule has 0 bridgehead atoms. The minimum absolute atomic E-state index is 0.247. The molecule has 2 aromatic heterocycles. The highest BCUT2D eigenvalue weighted by molar-refractivity contribution is 5.30. The molecular weight excluding hydrogens is 194 g/mol. The van der Waals surface area contributed by atoms with Gasteiger partial charge in [0.15, 0.2) is 0 Å². The van der Waals surface area contributed by atoms with Crippen LogP contribution in [0.15, 0.2) is 21.9 Å². The quantitative estimate of drug-likeness (QED) is 0.725. The number of fused-ring (bicyclic) bond motifs is 1. The van der Waals surface area contributed by atoms with Gasteiger partial charge < -0.3 is 0 Å². The third kappa shape index (κ3) is 1.56. The Morgan fingerprint density at radius 3 is 2.87 bits per heavy atom. The van der Waals surface area contributed by atoms with Crippen LogP contribution in [0, 0.1) is 6.92 Å². The summed E-state index contributed by atoms with van der Waals surface area (Å²) >= 11 is 0. The number of aromatic nitrogens is 3. The Hall–Kier alpha value is -1.91. The van der Waals surface area contributed by atoms with Gasteiger partial charge in [-0.25, -0.2) is 0 Å². The minimum atomic E-state index is -0.279. The molecule has 2 rings (SSSR count). The SMILES string of the molecule is CCc1cn2c(C)cc(=O)[nH]c2nc1=O. The predicted octanol–water partition coefficient (Wildman–Crippen LogP) is 0.254. The van der Waals surface area contributed by atoms with Crippen molar-refractivity contribution >= 4 is 5.78 Å². The molecule has 0 amide bonds. The molecular formula is C10H11N3O2. The van der Waals surface area contributed by atoms with Gasteiger partial charge in [0, 0.05) is 23.5 Å². The van der Waals surface area contributed by atoms with Crippen molar-refractivity contribution in [2.45, 2.75) is 20.3 Å².